The number of nitrogens with two attached hydrogens (primary N) is 2. The molecule has 4 N–H and O–H groups in total. The van der Waals surface area contributed by atoms with Crippen molar-refractivity contribution in [3.05, 3.63) is 36.4 Å². The van der Waals surface area contributed by atoms with E-state index < -0.39 is 0 Å². The molecule has 64 valence electrons. The number of rotatable bonds is 2. The Hall–Kier alpha value is -1.55. The molecule has 0 unspecified atom stereocenters. The summed E-state index contributed by atoms with van der Waals surface area (Å²) in [4.78, 5) is 3.99. The van der Waals surface area contributed by atoms with Crippen molar-refractivity contribution in [1.29, 1.82) is 0 Å². The van der Waals surface area contributed by atoms with Gasteiger partial charge < -0.3 is 5.73 Å². The third kappa shape index (κ3) is 1.96. The first-order chi connectivity index (χ1) is 5.74. The van der Waals surface area contributed by atoms with Crippen molar-refractivity contribution in [3.63, 3.8) is 0 Å². The van der Waals surface area contributed by atoms with Gasteiger partial charge in [0.25, 0.3) is 0 Å². The predicted molar refractivity (Wildman–Crippen MR) is 49.0 cm³/mol. The van der Waals surface area contributed by atoms with Crippen molar-refractivity contribution in [2.75, 3.05) is 5.01 Å². The Morgan fingerprint density at radius 2 is 2.25 bits per heavy atom. The minimum absolute atomic E-state index is 0.816. The Kier molecular flexibility index (Phi) is 2.66. The molecule has 1 heterocycles. The maximum atomic E-state index is 5.60. The van der Waals surface area contributed by atoms with Crippen LogP contribution in [0.3, 0.4) is 0 Å². The highest BCUT2D eigenvalue weighted by Crippen LogP contribution is 2.10. The molecule has 0 bridgehead atoms. The van der Waals surface area contributed by atoms with Crippen molar-refractivity contribution in [2.45, 2.75) is 6.92 Å². The summed E-state index contributed by atoms with van der Waals surface area (Å²) in [6.45, 7) is 1.95. The highest BCUT2D eigenvalue weighted by molar-refractivity contribution is 5.46. The van der Waals surface area contributed by atoms with Crippen LogP contribution in [-0.2, 0) is 0 Å². The zero-order chi connectivity index (χ0) is 8.97. The van der Waals surface area contributed by atoms with Gasteiger partial charge in [-0.1, -0.05) is 0 Å². The van der Waals surface area contributed by atoms with Crippen LogP contribution in [0.25, 0.3) is 0 Å². The van der Waals surface area contributed by atoms with E-state index in [9.17, 15) is 0 Å². The van der Waals surface area contributed by atoms with Gasteiger partial charge in [0.2, 0.25) is 0 Å². The van der Waals surface area contributed by atoms with Gasteiger partial charge in [0.15, 0.2) is 0 Å². The lowest BCUT2D eigenvalue weighted by Gasteiger charge is -2.12. The Labute approximate surface area is 71.5 Å². The van der Waals surface area contributed by atoms with Crippen molar-refractivity contribution >= 4 is 5.69 Å². The van der Waals surface area contributed by atoms with Crippen LogP contribution in [0, 0.1) is 6.92 Å². The van der Waals surface area contributed by atoms with Gasteiger partial charge in [0, 0.05) is 18.6 Å². The Morgan fingerprint density at radius 3 is 2.83 bits per heavy atom. The van der Waals surface area contributed by atoms with Crippen LogP contribution in [0.15, 0.2) is 30.9 Å². The molecule has 1 aromatic rings. The summed E-state index contributed by atoms with van der Waals surface area (Å²) in [5.41, 5.74) is 7.06. The zero-order valence-electron chi connectivity index (χ0n) is 6.94. The van der Waals surface area contributed by atoms with Gasteiger partial charge in [0.1, 0.15) is 0 Å². The molecular formula is C8H12N4. The number of nitrogens with zero attached hydrogens (tertiary/aromatic N) is 2. The van der Waals surface area contributed by atoms with E-state index in [1.165, 1.54) is 11.2 Å². The van der Waals surface area contributed by atoms with E-state index in [-0.39, 0.29) is 0 Å². The zero-order valence-corrected chi connectivity index (χ0v) is 6.94. The van der Waals surface area contributed by atoms with Gasteiger partial charge >= 0.3 is 0 Å². The van der Waals surface area contributed by atoms with Crippen LogP contribution in [0.4, 0.5) is 5.69 Å². The summed E-state index contributed by atoms with van der Waals surface area (Å²) in [5, 5.41) is 1.42. The standard InChI is InChI=1S/C8H12N4/c1-7-4-8(6-11-5-7)12(10)3-2-9/h2-6H,9-10H2,1H3/b3-2-. The maximum Gasteiger partial charge on any atom is 0.0754 e. The van der Waals surface area contributed by atoms with Gasteiger partial charge in [-0.05, 0) is 18.6 Å². The van der Waals surface area contributed by atoms with E-state index in [1.54, 1.807) is 18.6 Å². The third-order valence-electron chi connectivity index (χ3n) is 1.41. The van der Waals surface area contributed by atoms with Crippen LogP contribution in [0.2, 0.25) is 0 Å². The van der Waals surface area contributed by atoms with E-state index in [4.69, 9.17) is 11.6 Å². The first kappa shape index (κ1) is 8.55. The summed E-state index contributed by atoms with van der Waals surface area (Å²) in [5.74, 6) is 5.60. The van der Waals surface area contributed by atoms with E-state index in [0.29, 0.717) is 0 Å². The fraction of sp³-hybridized carbons (Fsp3) is 0.125. The number of hydrogen-bond donors (Lipinski definition) is 2. The lowest BCUT2D eigenvalue weighted by molar-refractivity contribution is 1.05. The van der Waals surface area contributed by atoms with Gasteiger partial charge in [-0.25, -0.2) is 5.84 Å². The van der Waals surface area contributed by atoms with E-state index in [0.717, 1.165) is 11.3 Å². The SMILES string of the molecule is Cc1cncc(N(N)/C=C\N)c1. The quantitative estimate of drug-likeness (QED) is 0.493. The van der Waals surface area contributed by atoms with Crippen LogP contribution < -0.4 is 16.6 Å². The minimum atomic E-state index is 0.816. The number of aromatic nitrogens is 1. The molecule has 12 heavy (non-hydrogen) atoms. The molecule has 0 fully saturated rings. The largest absolute Gasteiger partial charge is 0.403 e. The summed E-state index contributed by atoms with van der Waals surface area (Å²) in [7, 11) is 0. The molecule has 0 aliphatic rings. The topological polar surface area (TPSA) is 68.2 Å². The maximum absolute atomic E-state index is 5.60. The highest BCUT2D eigenvalue weighted by Gasteiger charge is 1.96. The number of aryl methyl sites for hydroxylation is 1. The fourth-order valence-electron chi connectivity index (χ4n) is 0.859. The predicted octanol–water partition coefficient (Wildman–Crippen LogP) is 0.500. The highest BCUT2D eigenvalue weighted by atomic mass is 15.4. The molecule has 0 amide bonds. The number of pyridine rings is 1. The monoisotopic (exact) mass is 164 g/mol. The number of hydrazine groups is 1. The summed E-state index contributed by atoms with van der Waals surface area (Å²) in [6.07, 6.45) is 6.38. The molecule has 0 aliphatic carbocycles. The molecule has 0 spiro atoms. The van der Waals surface area contributed by atoms with Gasteiger partial charge in [0.05, 0.1) is 11.9 Å². The molecular weight excluding hydrogens is 152 g/mol. The second kappa shape index (κ2) is 3.73. The Bertz CT molecular complexity index is 282. The summed E-state index contributed by atoms with van der Waals surface area (Å²) >= 11 is 0. The molecule has 4 nitrogen and oxygen atoms in total. The molecule has 0 saturated heterocycles. The van der Waals surface area contributed by atoms with Crippen LogP contribution in [0.5, 0.6) is 0 Å². The molecule has 0 aliphatic heterocycles. The molecule has 4 heteroatoms. The number of hydrogen-bond acceptors (Lipinski definition) is 4. The van der Waals surface area contributed by atoms with Gasteiger partial charge in [-0.3, -0.25) is 9.99 Å². The van der Waals surface area contributed by atoms with Crippen LogP contribution in [0.1, 0.15) is 5.56 Å². The second-order valence-corrected chi connectivity index (χ2v) is 2.47. The third-order valence-corrected chi connectivity index (χ3v) is 1.41. The van der Waals surface area contributed by atoms with Crippen molar-refractivity contribution < 1.29 is 0 Å². The van der Waals surface area contributed by atoms with Gasteiger partial charge in [-0.2, -0.15) is 0 Å². The van der Waals surface area contributed by atoms with Crippen molar-refractivity contribution in [1.82, 2.24) is 4.98 Å². The molecule has 0 saturated carbocycles. The lowest BCUT2D eigenvalue weighted by Crippen LogP contribution is -2.24. The van der Waals surface area contributed by atoms with E-state index in [2.05, 4.69) is 4.98 Å². The summed E-state index contributed by atoms with van der Waals surface area (Å²) in [6, 6.07) is 1.92. The van der Waals surface area contributed by atoms with E-state index in [1.807, 2.05) is 13.0 Å². The number of anilines is 1. The van der Waals surface area contributed by atoms with Crippen molar-refractivity contribution in [2.24, 2.45) is 11.6 Å². The van der Waals surface area contributed by atoms with Crippen LogP contribution in [-0.4, -0.2) is 4.98 Å². The molecule has 1 rings (SSSR count). The smallest absolute Gasteiger partial charge is 0.0754 e. The fourth-order valence-corrected chi connectivity index (χ4v) is 0.859. The normalized spacial score (nSPS) is 10.5. The van der Waals surface area contributed by atoms with Crippen molar-refractivity contribution in [3.8, 4) is 0 Å². The second-order valence-electron chi connectivity index (χ2n) is 2.47. The molecule has 0 atom stereocenters. The molecule has 0 radical (unpaired) electrons. The molecule has 0 aromatic carbocycles. The average Bonchev–Trinajstić information content (AvgIpc) is 2.05. The minimum Gasteiger partial charge on any atom is -0.403 e. The van der Waals surface area contributed by atoms with Crippen LogP contribution >= 0.6 is 0 Å². The van der Waals surface area contributed by atoms with E-state index >= 15 is 0 Å². The first-order valence-electron chi connectivity index (χ1n) is 3.58. The molecule has 1 aromatic heterocycles. The Balaban J connectivity index is 2.87. The Morgan fingerprint density at radius 1 is 1.50 bits per heavy atom. The lowest BCUT2D eigenvalue weighted by atomic mass is 10.3. The first-order valence-corrected chi connectivity index (χ1v) is 3.58. The van der Waals surface area contributed by atoms with Gasteiger partial charge in [-0.15, -0.1) is 0 Å². The average molecular weight is 164 g/mol. The summed E-state index contributed by atoms with van der Waals surface area (Å²) < 4.78 is 0.